The SMILES string of the molecule is CCOCSc1nc2ccccc2c(=O)n1-c1ccccc1. The molecule has 0 aliphatic carbocycles. The summed E-state index contributed by atoms with van der Waals surface area (Å²) in [4.78, 5) is 17.5. The highest BCUT2D eigenvalue weighted by molar-refractivity contribution is 7.99. The molecule has 0 saturated carbocycles. The third-order valence-corrected chi connectivity index (χ3v) is 4.05. The Morgan fingerprint density at radius 1 is 1.09 bits per heavy atom. The van der Waals surface area contributed by atoms with Crippen molar-refractivity contribution in [2.75, 3.05) is 12.5 Å². The molecule has 22 heavy (non-hydrogen) atoms. The van der Waals surface area contributed by atoms with Crippen molar-refractivity contribution in [3.63, 3.8) is 0 Å². The highest BCUT2D eigenvalue weighted by Gasteiger charge is 2.12. The molecular formula is C17H16N2O2S. The van der Waals surface area contributed by atoms with Gasteiger partial charge in [-0.15, -0.1) is 0 Å². The lowest BCUT2D eigenvalue weighted by Gasteiger charge is -2.13. The second kappa shape index (κ2) is 6.77. The summed E-state index contributed by atoms with van der Waals surface area (Å²) in [5, 5.41) is 1.26. The fraction of sp³-hybridized carbons (Fsp3) is 0.176. The number of para-hydroxylation sites is 2. The van der Waals surface area contributed by atoms with Crippen LogP contribution < -0.4 is 5.56 Å². The van der Waals surface area contributed by atoms with Gasteiger partial charge in [-0.05, 0) is 31.2 Å². The molecule has 0 radical (unpaired) electrons. The highest BCUT2D eigenvalue weighted by Crippen LogP contribution is 2.21. The van der Waals surface area contributed by atoms with Gasteiger partial charge in [-0.2, -0.15) is 0 Å². The lowest BCUT2D eigenvalue weighted by atomic mass is 10.2. The zero-order chi connectivity index (χ0) is 15.4. The molecule has 0 bridgehead atoms. The van der Waals surface area contributed by atoms with Gasteiger partial charge in [-0.1, -0.05) is 42.1 Å². The smallest absolute Gasteiger partial charge is 0.266 e. The first-order chi connectivity index (χ1) is 10.8. The lowest BCUT2D eigenvalue weighted by molar-refractivity contribution is 0.199. The molecule has 0 N–H and O–H groups in total. The van der Waals surface area contributed by atoms with E-state index >= 15 is 0 Å². The second-order valence-corrected chi connectivity index (χ2v) is 5.53. The molecule has 112 valence electrons. The third-order valence-electron chi connectivity index (χ3n) is 3.23. The van der Waals surface area contributed by atoms with E-state index in [4.69, 9.17) is 4.74 Å². The number of hydrogen-bond acceptors (Lipinski definition) is 4. The van der Waals surface area contributed by atoms with E-state index in [0.29, 0.717) is 28.6 Å². The first-order valence-corrected chi connectivity index (χ1v) is 8.07. The van der Waals surface area contributed by atoms with Crippen LogP contribution in [0, 0.1) is 0 Å². The Bertz CT molecular complexity index is 831. The van der Waals surface area contributed by atoms with Crippen LogP contribution >= 0.6 is 11.8 Å². The van der Waals surface area contributed by atoms with Crippen LogP contribution in [0.15, 0.2) is 64.5 Å². The van der Waals surface area contributed by atoms with Crippen molar-refractivity contribution >= 4 is 22.7 Å². The van der Waals surface area contributed by atoms with Gasteiger partial charge in [0, 0.05) is 6.61 Å². The molecule has 0 spiro atoms. The summed E-state index contributed by atoms with van der Waals surface area (Å²) in [7, 11) is 0. The van der Waals surface area contributed by atoms with E-state index < -0.39 is 0 Å². The maximum absolute atomic E-state index is 12.9. The summed E-state index contributed by atoms with van der Waals surface area (Å²) in [6, 6.07) is 17.0. The average molecular weight is 312 g/mol. The van der Waals surface area contributed by atoms with E-state index in [1.165, 1.54) is 11.8 Å². The van der Waals surface area contributed by atoms with Crippen LogP contribution in [0.1, 0.15) is 6.92 Å². The van der Waals surface area contributed by atoms with Crippen molar-refractivity contribution in [3.05, 3.63) is 65.0 Å². The van der Waals surface area contributed by atoms with Gasteiger partial charge in [0.05, 0.1) is 22.5 Å². The second-order valence-electron chi connectivity index (χ2n) is 4.64. The zero-order valence-electron chi connectivity index (χ0n) is 12.2. The topological polar surface area (TPSA) is 44.1 Å². The highest BCUT2D eigenvalue weighted by atomic mass is 32.2. The van der Waals surface area contributed by atoms with Gasteiger partial charge in [0.1, 0.15) is 0 Å². The summed E-state index contributed by atoms with van der Waals surface area (Å²) >= 11 is 1.43. The predicted octanol–water partition coefficient (Wildman–Crippen LogP) is 3.47. The number of benzene rings is 2. The largest absolute Gasteiger partial charge is 0.371 e. The number of nitrogens with zero attached hydrogens (tertiary/aromatic N) is 2. The van der Waals surface area contributed by atoms with Gasteiger partial charge in [-0.25, -0.2) is 4.98 Å². The molecule has 0 fully saturated rings. The Kier molecular flexibility index (Phi) is 4.56. The Labute approximate surface area is 132 Å². The van der Waals surface area contributed by atoms with Gasteiger partial charge in [0.2, 0.25) is 0 Å². The lowest BCUT2D eigenvalue weighted by Crippen LogP contribution is -2.21. The number of thioether (sulfide) groups is 1. The van der Waals surface area contributed by atoms with Crippen LogP contribution in [0.5, 0.6) is 0 Å². The first-order valence-electron chi connectivity index (χ1n) is 7.09. The standard InChI is InChI=1S/C17H16N2O2S/c1-2-21-12-22-17-18-15-11-7-6-10-14(15)16(20)19(17)13-8-4-3-5-9-13/h3-11H,2,12H2,1H3. The molecule has 0 saturated heterocycles. The van der Waals surface area contributed by atoms with E-state index in [9.17, 15) is 4.79 Å². The quantitative estimate of drug-likeness (QED) is 0.313. The minimum absolute atomic E-state index is 0.0594. The van der Waals surface area contributed by atoms with Gasteiger partial charge in [0.15, 0.2) is 5.16 Å². The van der Waals surface area contributed by atoms with Crippen LogP contribution in [0.25, 0.3) is 16.6 Å². The van der Waals surface area contributed by atoms with Gasteiger partial charge < -0.3 is 4.74 Å². The molecule has 1 heterocycles. The summed E-state index contributed by atoms with van der Waals surface area (Å²) in [5.74, 6) is 0.466. The molecule has 0 aliphatic heterocycles. The van der Waals surface area contributed by atoms with Crippen molar-refractivity contribution < 1.29 is 4.74 Å². The molecule has 5 heteroatoms. The average Bonchev–Trinajstić information content (AvgIpc) is 2.56. The Morgan fingerprint density at radius 3 is 2.59 bits per heavy atom. The normalized spacial score (nSPS) is 11.0. The van der Waals surface area contributed by atoms with Gasteiger partial charge >= 0.3 is 0 Å². The molecule has 0 atom stereocenters. The Morgan fingerprint density at radius 2 is 1.82 bits per heavy atom. The Balaban J connectivity index is 2.20. The molecule has 3 aromatic rings. The Hall–Kier alpha value is -2.11. The molecule has 2 aromatic carbocycles. The van der Waals surface area contributed by atoms with Crippen LogP contribution in [-0.4, -0.2) is 22.1 Å². The number of rotatable bonds is 5. The summed E-state index contributed by atoms with van der Waals surface area (Å²) < 4.78 is 7.03. The van der Waals surface area contributed by atoms with E-state index in [1.54, 1.807) is 10.6 Å². The molecule has 0 amide bonds. The summed E-state index contributed by atoms with van der Waals surface area (Å²) in [5.41, 5.74) is 1.46. The van der Waals surface area contributed by atoms with E-state index in [0.717, 1.165) is 5.69 Å². The molecular weight excluding hydrogens is 296 g/mol. The molecule has 4 nitrogen and oxygen atoms in total. The first kappa shape index (κ1) is 14.8. The summed E-state index contributed by atoms with van der Waals surface area (Å²) in [6.07, 6.45) is 0. The van der Waals surface area contributed by atoms with Crippen molar-refractivity contribution in [1.82, 2.24) is 9.55 Å². The fourth-order valence-corrected chi connectivity index (χ4v) is 3.03. The van der Waals surface area contributed by atoms with Crippen LogP contribution in [0.3, 0.4) is 0 Å². The van der Waals surface area contributed by atoms with E-state index in [-0.39, 0.29) is 5.56 Å². The van der Waals surface area contributed by atoms with Gasteiger partial charge in [0.25, 0.3) is 5.56 Å². The minimum atomic E-state index is -0.0594. The van der Waals surface area contributed by atoms with Crippen LogP contribution in [0.4, 0.5) is 0 Å². The molecule has 3 rings (SSSR count). The number of aromatic nitrogens is 2. The van der Waals surface area contributed by atoms with Crippen LogP contribution in [0.2, 0.25) is 0 Å². The maximum Gasteiger partial charge on any atom is 0.266 e. The maximum atomic E-state index is 12.9. The van der Waals surface area contributed by atoms with Crippen molar-refractivity contribution in [2.24, 2.45) is 0 Å². The van der Waals surface area contributed by atoms with Crippen molar-refractivity contribution in [3.8, 4) is 5.69 Å². The van der Waals surface area contributed by atoms with Gasteiger partial charge in [-0.3, -0.25) is 9.36 Å². The van der Waals surface area contributed by atoms with Crippen LogP contribution in [-0.2, 0) is 4.74 Å². The van der Waals surface area contributed by atoms with Crippen molar-refractivity contribution in [1.29, 1.82) is 0 Å². The molecule has 0 aliphatic rings. The number of fused-ring (bicyclic) bond motifs is 1. The third kappa shape index (κ3) is 2.91. The number of ether oxygens (including phenoxy) is 1. The van der Waals surface area contributed by atoms with Crippen molar-refractivity contribution in [2.45, 2.75) is 12.1 Å². The minimum Gasteiger partial charge on any atom is -0.371 e. The monoisotopic (exact) mass is 312 g/mol. The summed E-state index contributed by atoms with van der Waals surface area (Å²) in [6.45, 7) is 2.58. The molecule has 0 unspecified atom stereocenters. The fourth-order valence-electron chi connectivity index (χ4n) is 2.19. The van der Waals surface area contributed by atoms with E-state index in [1.807, 2.05) is 55.5 Å². The van der Waals surface area contributed by atoms with E-state index in [2.05, 4.69) is 4.98 Å². The molecule has 1 aromatic heterocycles. The zero-order valence-corrected chi connectivity index (χ0v) is 13.0. The number of hydrogen-bond donors (Lipinski definition) is 0. The predicted molar refractivity (Wildman–Crippen MR) is 89.7 cm³/mol.